The molecule has 6 heteroatoms. The second-order valence-electron chi connectivity index (χ2n) is 4.74. The summed E-state index contributed by atoms with van der Waals surface area (Å²) in [6.07, 6.45) is -1.20. The number of hydrogen-bond acceptors (Lipinski definition) is 4. The molecule has 6 nitrogen and oxygen atoms in total. The lowest BCUT2D eigenvalue weighted by Crippen LogP contribution is -2.13. The van der Waals surface area contributed by atoms with Gasteiger partial charge in [0, 0.05) is 11.4 Å². The fourth-order valence-corrected chi connectivity index (χ4v) is 1.71. The molecule has 2 amide bonds. The fraction of sp³-hybridized carbons (Fsp3) is 0.100. The van der Waals surface area contributed by atoms with Crippen LogP contribution in [0.1, 0.15) is 0 Å². The number of carbonyl (C=O) groups is 2. The molecule has 0 atom stereocenters. The zero-order valence-corrected chi connectivity index (χ0v) is 13.8. The van der Waals surface area contributed by atoms with Crippen molar-refractivity contribution in [3.05, 3.63) is 60.7 Å². The van der Waals surface area contributed by atoms with Crippen LogP contribution in [0.5, 0.6) is 0 Å². The number of benzene rings is 2. The van der Waals surface area contributed by atoms with Crippen molar-refractivity contribution >= 4 is 23.6 Å². The summed E-state index contributed by atoms with van der Waals surface area (Å²) in [4.78, 5) is 22.9. The van der Waals surface area contributed by atoms with Crippen LogP contribution in [0.25, 0.3) is 0 Å². The van der Waals surface area contributed by atoms with Crippen molar-refractivity contribution in [2.75, 3.05) is 23.8 Å². The van der Waals surface area contributed by atoms with Crippen molar-refractivity contribution in [3.8, 4) is 23.7 Å². The predicted octanol–water partition coefficient (Wildman–Crippen LogP) is 3.49. The highest BCUT2D eigenvalue weighted by Gasteiger charge is 2.01. The van der Waals surface area contributed by atoms with Crippen molar-refractivity contribution in [2.45, 2.75) is 0 Å². The van der Waals surface area contributed by atoms with Gasteiger partial charge in [-0.25, -0.2) is 9.59 Å². The van der Waals surface area contributed by atoms with Crippen molar-refractivity contribution in [1.29, 1.82) is 0 Å². The Bertz CT molecular complexity index is 770. The zero-order chi connectivity index (χ0) is 18.5. The van der Waals surface area contributed by atoms with E-state index in [1.54, 1.807) is 48.5 Å². The van der Waals surface area contributed by atoms with Crippen LogP contribution in [0.2, 0.25) is 0 Å². The van der Waals surface area contributed by atoms with Gasteiger partial charge >= 0.3 is 12.2 Å². The van der Waals surface area contributed by atoms with E-state index in [0.717, 1.165) is 0 Å². The van der Waals surface area contributed by atoms with E-state index >= 15 is 0 Å². The molecule has 0 aliphatic heterocycles. The van der Waals surface area contributed by atoms with Crippen LogP contribution >= 0.6 is 0 Å². The number of para-hydroxylation sites is 2. The van der Waals surface area contributed by atoms with E-state index in [4.69, 9.17) is 9.47 Å². The van der Waals surface area contributed by atoms with Crippen molar-refractivity contribution in [2.24, 2.45) is 0 Å². The smallest absolute Gasteiger partial charge is 0.412 e. The van der Waals surface area contributed by atoms with Crippen LogP contribution in [-0.4, -0.2) is 25.4 Å². The number of amides is 2. The minimum Gasteiger partial charge on any atom is -0.436 e. The van der Waals surface area contributed by atoms with Crippen molar-refractivity contribution in [1.82, 2.24) is 0 Å². The summed E-state index contributed by atoms with van der Waals surface area (Å²) < 4.78 is 9.74. The molecule has 0 aliphatic rings. The highest BCUT2D eigenvalue weighted by Crippen LogP contribution is 2.05. The summed E-state index contributed by atoms with van der Waals surface area (Å²) >= 11 is 0. The molecule has 2 aromatic carbocycles. The Kier molecular flexibility index (Phi) is 7.66. The normalized spacial score (nSPS) is 8.77. The molecule has 0 saturated heterocycles. The Morgan fingerprint density at radius 1 is 0.692 bits per heavy atom. The first kappa shape index (κ1) is 18.4. The van der Waals surface area contributed by atoms with Crippen molar-refractivity contribution < 1.29 is 19.1 Å². The molecule has 0 heterocycles. The third kappa shape index (κ3) is 7.58. The van der Waals surface area contributed by atoms with Crippen LogP contribution in [0.4, 0.5) is 21.0 Å². The number of anilines is 2. The minimum atomic E-state index is -0.598. The van der Waals surface area contributed by atoms with Gasteiger partial charge in [-0.05, 0) is 47.9 Å². The molecular formula is C20H16N2O4. The molecule has 0 unspecified atom stereocenters. The molecular weight excluding hydrogens is 332 g/mol. The Labute approximate surface area is 151 Å². The first-order valence-corrected chi connectivity index (χ1v) is 7.67. The molecule has 0 aromatic heterocycles. The Morgan fingerprint density at radius 3 is 1.46 bits per heavy atom. The predicted molar refractivity (Wildman–Crippen MR) is 98.4 cm³/mol. The van der Waals surface area contributed by atoms with Crippen LogP contribution in [-0.2, 0) is 9.47 Å². The lowest BCUT2D eigenvalue weighted by molar-refractivity contribution is 0.175. The van der Waals surface area contributed by atoms with Gasteiger partial charge in [0.1, 0.15) is 0 Å². The Hall–Kier alpha value is -3.90. The minimum absolute atomic E-state index is 0.0945. The summed E-state index contributed by atoms with van der Waals surface area (Å²) in [6, 6.07) is 17.9. The van der Waals surface area contributed by atoms with E-state index in [1.807, 2.05) is 12.1 Å². The fourth-order valence-electron chi connectivity index (χ4n) is 1.71. The number of hydrogen-bond donors (Lipinski definition) is 2. The standard InChI is InChI=1S/C20H16N2O4/c23-19(21-17-11-5-3-6-12-17)25-15-9-1-2-10-16-26-20(24)22-18-13-7-4-8-14-18/h3-8,11-14H,15-16H2,(H,21,23)(H,22,24). The van der Waals surface area contributed by atoms with E-state index in [1.165, 1.54) is 0 Å². The van der Waals surface area contributed by atoms with E-state index in [0.29, 0.717) is 11.4 Å². The van der Waals surface area contributed by atoms with Gasteiger partial charge in [-0.15, -0.1) is 0 Å². The first-order valence-electron chi connectivity index (χ1n) is 7.67. The first-order chi connectivity index (χ1) is 12.7. The monoisotopic (exact) mass is 348 g/mol. The molecule has 0 aliphatic carbocycles. The van der Waals surface area contributed by atoms with Crippen LogP contribution in [0, 0.1) is 23.7 Å². The summed E-state index contributed by atoms with van der Waals surface area (Å²) in [6.45, 7) is -0.189. The molecule has 0 spiro atoms. The Balaban J connectivity index is 1.60. The molecule has 2 aromatic rings. The number of rotatable bonds is 4. The Morgan fingerprint density at radius 2 is 1.08 bits per heavy atom. The van der Waals surface area contributed by atoms with E-state index in [-0.39, 0.29) is 13.2 Å². The summed E-state index contributed by atoms with van der Waals surface area (Å²) in [7, 11) is 0. The second kappa shape index (κ2) is 10.8. The maximum Gasteiger partial charge on any atom is 0.412 e. The van der Waals surface area contributed by atoms with Gasteiger partial charge in [0.2, 0.25) is 0 Å². The number of nitrogens with one attached hydrogen (secondary N) is 2. The number of ether oxygens (including phenoxy) is 2. The third-order valence-electron chi connectivity index (χ3n) is 2.83. The van der Waals surface area contributed by atoms with Crippen LogP contribution in [0.3, 0.4) is 0 Å². The van der Waals surface area contributed by atoms with Gasteiger partial charge in [-0.3, -0.25) is 10.6 Å². The highest BCUT2D eigenvalue weighted by molar-refractivity contribution is 5.85. The van der Waals surface area contributed by atoms with Gasteiger partial charge in [0.05, 0.1) is 0 Å². The maximum absolute atomic E-state index is 11.5. The zero-order valence-electron chi connectivity index (χ0n) is 13.8. The molecule has 0 bridgehead atoms. The van der Waals surface area contributed by atoms with Crippen LogP contribution in [0.15, 0.2) is 60.7 Å². The van der Waals surface area contributed by atoms with Gasteiger partial charge in [-0.2, -0.15) is 0 Å². The highest BCUT2D eigenvalue weighted by atomic mass is 16.6. The molecule has 2 N–H and O–H groups in total. The average Bonchev–Trinajstić information content (AvgIpc) is 2.65. The summed E-state index contributed by atoms with van der Waals surface area (Å²) in [5.41, 5.74) is 1.27. The molecule has 26 heavy (non-hydrogen) atoms. The van der Waals surface area contributed by atoms with E-state index < -0.39 is 12.2 Å². The van der Waals surface area contributed by atoms with Gasteiger partial charge in [0.25, 0.3) is 0 Å². The van der Waals surface area contributed by atoms with Gasteiger partial charge in [0.15, 0.2) is 13.2 Å². The van der Waals surface area contributed by atoms with E-state index in [2.05, 4.69) is 34.3 Å². The molecule has 2 rings (SSSR count). The SMILES string of the molecule is O=C(Nc1ccccc1)OCC#CC#CCOC(=O)Nc1ccccc1. The van der Waals surface area contributed by atoms with Crippen LogP contribution < -0.4 is 10.6 Å². The van der Waals surface area contributed by atoms with Gasteiger partial charge in [-0.1, -0.05) is 36.4 Å². The molecule has 0 fully saturated rings. The summed E-state index contributed by atoms with van der Waals surface area (Å²) in [5.74, 6) is 10.1. The summed E-state index contributed by atoms with van der Waals surface area (Å²) in [5, 5.41) is 5.11. The van der Waals surface area contributed by atoms with Crippen molar-refractivity contribution in [3.63, 3.8) is 0 Å². The molecule has 130 valence electrons. The second-order valence-corrected chi connectivity index (χ2v) is 4.74. The lowest BCUT2D eigenvalue weighted by Gasteiger charge is -2.03. The average molecular weight is 348 g/mol. The topological polar surface area (TPSA) is 76.7 Å². The number of carbonyl (C=O) groups excluding carboxylic acids is 2. The lowest BCUT2D eigenvalue weighted by atomic mass is 10.3. The largest absolute Gasteiger partial charge is 0.436 e. The quantitative estimate of drug-likeness (QED) is 0.829. The van der Waals surface area contributed by atoms with E-state index in [9.17, 15) is 9.59 Å². The molecule has 0 saturated carbocycles. The molecule has 0 radical (unpaired) electrons. The maximum atomic E-state index is 11.5. The van der Waals surface area contributed by atoms with Gasteiger partial charge < -0.3 is 9.47 Å². The third-order valence-corrected chi connectivity index (χ3v) is 2.83.